The van der Waals surface area contributed by atoms with Crippen molar-refractivity contribution >= 4 is 0 Å². The third-order valence-electron chi connectivity index (χ3n) is 3.62. The first kappa shape index (κ1) is 10.2. The SMILES string of the molecule is NC1COCC1c1nc(C2CCCC2)no1. The fourth-order valence-electron chi connectivity index (χ4n) is 2.57. The van der Waals surface area contributed by atoms with Crippen LogP contribution in [0, 0.1) is 0 Å². The Labute approximate surface area is 94.3 Å². The van der Waals surface area contributed by atoms with Crippen LogP contribution in [0.5, 0.6) is 0 Å². The lowest BCUT2D eigenvalue weighted by atomic mass is 10.0. The van der Waals surface area contributed by atoms with Crippen LogP contribution < -0.4 is 5.73 Å². The van der Waals surface area contributed by atoms with E-state index in [1.165, 1.54) is 25.7 Å². The van der Waals surface area contributed by atoms with Gasteiger partial charge in [0.15, 0.2) is 5.82 Å². The monoisotopic (exact) mass is 223 g/mol. The molecule has 0 amide bonds. The highest BCUT2D eigenvalue weighted by molar-refractivity contribution is 5.04. The van der Waals surface area contributed by atoms with E-state index >= 15 is 0 Å². The zero-order chi connectivity index (χ0) is 11.0. The van der Waals surface area contributed by atoms with Crippen LogP contribution in [0.25, 0.3) is 0 Å². The minimum Gasteiger partial charge on any atom is -0.379 e. The van der Waals surface area contributed by atoms with Gasteiger partial charge in [0, 0.05) is 12.0 Å². The Bertz CT molecular complexity index is 360. The van der Waals surface area contributed by atoms with Crippen LogP contribution in [0.3, 0.4) is 0 Å². The average Bonchev–Trinajstić information content (AvgIpc) is 2.96. The predicted octanol–water partition coefficient (Wildman–Crippen LogP) is 1.17. The van der Waals surface area contributed by atoms with Gasteiger partial charge in [-0.25, -0.2) is 0 Å². The van der Waals surface area contributed by atoms with Gasteiger partial charge in [-0.2, -0.15) is 4.98 Å². The van der Waals surface area contributed by atoms with Crippen LogP contribution >= 0.6 is 0 Å². The molecule has 2 fully saturated rings. The molecule has 0 spiro atoms. The third-order valence-corrected chi connectivity index (χ3v) is 3.62. The van der Waals surface area contributed by atoms with Crippen molar-refractivity contribution in [3.8, 4) is 0 Å². The van der Waals surface area contributed by atoms with E-state index in [-0.39, 0.29) is 12.0 Å². The lowest BCUT2D eigenvalue weighted by Gasteiger charge is -2.06. The van der Waals surface area contributed by atoms with Crippen molar-refractivity contribution in [2.75, 3.05) is 13.2 Å². The molecule has 2 atom stereocenters. The van der Waals surface area contributed by atoms with Crippen LogP contribution in [0.15, 0.2) is 4.52 Å². The van der Waals surface area contributed by atoms with Crippen molar-refractivity contribution in [3.63, 3.8) is 0 Å². The minimum atomic E-state index is -0.00289. The summed E-state index contributed by atoms with van der Waals surface area (Å²) in [6.45, 7) is 1.19. The molecule has 1 saturated carbocycles. The molecule has 5 heteroatoms. The van der Waals surface area contributed by atoms with Crippen molar-refractivity contribution in [1.29, 1.82) is 0 Å². The van der Waals surface area contributed by atoms with E-state index in [9.17, 15) is 0 Å². The lowest BCUT2D eigenvalue weighted by Crippen LogP contribution is -2.27. The Morgan fingerprint density at radius 3 is 2.69 bits per heavy atom. The van der Waals surface area contributed by atoms with Crippen molar-refractivity contribution in [3.05, 3.63) is 11.7 Å². The van der Waals surface area contributed by atoms with E-state index < -0.39 is 0 Å². The zero-order valence-corrected chi connectivity index (χ0v) is 9.26. The number of nitrogens with two attached hydrogens (primary N) is 1. The highest BCUT2D eigenvalue weighted by atomic mass is 16.5. The maximum absolute atomic E-state index is 5.92. The predicted molar refractivity (Wildman–Crippen MR) is 57.0 cm³/mol. The first-order valence-electron chi connectivity index (χ1n) is 6.01. The maximum Gasteiger partial charge on any atom is 0.233 e. The van der Waals surface area contributed by atoms with Crippen LogP contribution in [-0.2, 0) is 4.74 Å². The van der Waals surface area contributed by atoms with E-state index in [1.54, 1.807) is 0 Å². The van der Waals surface area contributed by atoms with Gasteiger partial charge in [-0.1, -0.05) is 18.0 Å². The minimum absolute atomic E-state index is 0.00289. The summed E-state index contributed by atoms with van der Waals surface area (Å²) in [5.41, 5.74) is 5.92. The van der Waals surface area contributed by atoms with E-state index in [4.69, 9.17) is 15.0 Å². The van der Waals surface area contributed by atoms with E-state index in [1.807, 2.05) is 0 Å². The van der Waals surface area contributed by atoms with Gasteiger partial charge in [-0.3, -0.25) is 0 Å². The lowest BCUT2D eigenvalue weighted by molar-refractivity contribution is 0.187. The molecule has 1 aliphatic heterocycles. The van der Waals surface area contributed by atoms with Gasteiger partial charge >= 0.3 is 0 Å². The summed E-state index contributed by atoms with van der Waals surface area (Å²) in [4.78, 5) is 4.49. The van der Waals surface area contributed by atoms with Crippen LogP contribution in [0.4, 0.5) is 0 Å². The Balaban J connectivity index is 1.76. The topological polar surface area (TPSA) is 74.2 Å². The van der Waals surface area contributed by atoms with E-state index in [2.05, 4.69) is 10.1 Å². The summed E-state index contributed by atoms with van der Waals surface area (Å²) in [5, 5.41) is 4.08. The Morgan fingerprint density at radius 2 is 2.00 bits per heavy atom. The number of ether oxygens (including phenoxy) is 1. The zero-order valence-electron chi connectivity index (χ0n) is 9.26. The first-order chi connectivity index (χ1) is 7.84. The van der Waals surface area contributed by atoms with Crippen molar-refractivity contribution in [1.82, 2.24) is 10.1 Å². The molecule has 5 nitrogen and oxygen atoms in total. The van der Waals surface area contributed by atoms with Gasteiger partial charge in [0.2, 0.25) is 5.89 Å². The van der Waals surface area contributed by atoms with Gasteiger partial charge in [0.25, 0.3) is 0 Å². The quantitative estimate of drug-likeness (QED) is 0.814. The highest BCUT2D eigenvalue weighted by Crippen LogP contribution is 2.33. The Kier molecular flexibility index (Phi) is 2.65. The van der Waals surface area contributed by atoms with Gasteiger partial charge < -0.3 is 15.0 Å². The van der Waals surface area contributed by atoms with Gasteiger partial charge in [0.1, 0.15) is 0 Å². The molecule has 1 saturated heterocycles. The van der Waals surface area contributed by atoms with Crippen LogP contribution in [0.1, 0.15) is 49.2 Å². The summed E-state index contributed by atoms with van der Waals surface area (Å²) < 4.78 is 10.6. The summed E-state index contributed by atoms with van der Waals surface area (Å²) in [6.07, 6.45) is 4.93. The molecule has 16 heavy (non-hydrogen) atoms. The molecule has 1 aromatic rings. The second-order valence-electron chi connectivity index (χ2n) is 4.78. The third kappa shape index (κ3) is 1.74. The Hall–Kier alpha value is -0.940. The van der Waals surface area contributed by atoms with Gasteiger partial charge in [-0.05, 0) is 12.8 Å². The summed E-state index contributed by atoms with van der Waals surface area (Å²) in [6, 6.07) is -0.00289. The number of hydrogen-bond donors (Lipinski definition) is 1. The molecule has 3 rings (SSSR count). The van der Waals surface area contributed by atoms with Crippen molar-refractivity contribution in [2.24, 2.45) is 5.73 Å². The molecule has 1 aliphatic carbocycles. The first-order valence-corrected chi connectivity index (χ1v) is 6.01. The fraction of sp³-hybridized carbons (Fsp3) is 0.818. The summed E-state index contributed by atoms with van der Waals surface area (Å²) in [7, 11) is 0. The second-order valence-corrected chi connectivity index (χ2v) is 4.78. The van der Waals surface area contributed by atoms with E-state index in [0.717, 1.165) is 5.82 Å². The van der Waals surface area contributed by atoms with E-state index in [0.29, 0.717) is 25.0 Å². The summed E-state index contributed by atoms with van der Waals surface area (Å²) in [5.74, 6) is 2.11. The Morgan fingerprint density at radius 1 is 1.19 bits per heavy atom. The standard InChI is InChI=1S/C11H17N3O2/c12-9-6-15-5-8(9)11-13-10(14-16-11)7-3-1-2-4-7/h7-9H,1-6,12H2. The molecular weight excluding hydrogens is 206 g/mol. The molecule has 2 unspecified atom stereocenters. The smallest absolute Gasteiger partial charge is 0.233 e. The van der Waals surface area contributed by atoms with Crippen molar-refractivity contribution < 1.29 is 9.26 Å². The number of hydrogen-bond acceptors (Lipinski definition) is 5. The van der Waals surface area contributed by atoms with Gasteiger partial charge in [-0.15, -0.1) is 0 Å². The molecule has 1 aromatic heterocycles. The molecule has 88 valence electrons. The average molecular weight is 223 g/mol. The van der Waals surface area contributed by atoms with Crippen molar-refractivity contribution in [2.45, 2.75) is 43.6 Å². The molecule has 0 radical (unpaired) electrons. The molecule has 2 N–H and O–H groups in total. The van der Waals surface area contributed by atoms with Crippen LogP contribution in [0.2, 0.25) is 0 Å². The molecule has 2 heterocycles. The normalized spacial score (nSPS) is 31.3. The maximum atomic E-state index is 5.92. The molecular formula is C11H17N3O2. The van der Waals surface area contributed by atoms with Gasteiger partial charge in [0.05, 0.1) is 19.1 Å². The number of rotatable bonds is 2. The molecule has 0 bridgehead atoms. The molecule has 0 aromatic carbocycles. The number of aromatic nitrogens is 2. The summed E-state index contributed by atoms with van der Waals surface area (Å²) >= 11 is 0. The van der Waals surface area contributed by atoms with Crippen LogP contribution in [-0.4, -0.2) is 29.4 Å². The highest BCUT2D eigenvalue weighted by Gasteiger charge is 2.32. The second kappa shape index (κ2) is 4.14. The molecule has 2 aliphatic rings. The fourth-order valence-corrected chi connectivity index (χ4v) is 2.57. The number of nitrogens with zero attached hydrogens (tertiary/aromatic N) is 2. The largest absolute Gasteiger partial charge is 0.379 e.